The van der Waals surface area contributed by atoms with Crippen molar-refractivity contribution in [3.8, 4) is 34.0 Å². The minimum absolute atomic E-state index is 0.0678. The largest absolute Gasteiger partial charge is 0.336 e. The number of imidazole rings is 1. The molecule has 37 heavy (non-hydrogen) atoms. The van der Waals surface area contributed by atoms with Crippen LogP contribution in [-0.2, 0) is 4.79 Å². The van der Waals surface area contributed by atoms with Gasteiger partial charge in [0.05, 0.1) is 34.3 Å². The summed E-state index contributed by atoms with van der Waals surface area (Å²) in [5.74, 6) is 0.773. The van der Waals surface area contributed by atoms with E-state index in [2.05, 4.69) is 35.8 Å². The number of nitrogens with one attached hydrogen (secondary N) is 3. The Balaban J connectivity index is 1.25. The summed E-state index contributed by atoms with van der Waals surface area (Å²) in [6, 6.07) is 9.72. The summed E-state index contributed by atoms with van der Waals surface area (Å²) in [5.41, 5.74) is 7.88. The van der Waals surface area contributed by atoms with E-state index in [0.717, 1.165) is 64.7 Å². The molecule has 6 heterocycles. The summed E-state index contributed by atoms with van der Waals surface area (Å²) in [6.45, 7) is 0. The number of anilines is 1. The normalized spacial score (nSPS) is 14.1. The second-order valence-corrected chi connectivity index (χ2v) is 10.0. The molecule has 6 aromatic heterocycles. The summed E-state index contributed by atoms with van der Waals surface area (Å²) >= 11 is 1.63. The van der Waals surface area contributed by atoms with E-state index in [0.29, 0.717) is 22.7 Å². The van der Waals surface area contributed by atoms with Crippen molar-refractivity contribution >= 4 is 45.0 Å². The lowest BCUT2D eigenvalue weighted by atomic mass is 10.1. The number of rotatable bonds is 5. The fourth-order valence-electron chi connectivity index (χ4n) is 4.96. The van der Waals surface area contributed by atoms with Crippen molar-refractivity contribution in [1.29, 1.82) is 0 Å². The van der Waals surface area contributed by atoms with Gasteiger partial charge in [-0.3, -0.25) is 19.9 Å². The highest BCUT2D eigenvalue weighted by atomic mass is 32.1. The predicted molar refractivity (Wildman–Crippen MR) is 144 cm³/mol. The van der Waals surface area contributed by atoms with Gasteiger partial charge < -0.3 is 10.3 Å². The molecule has 1 aliphatic rings. The highest BCUT2D eigenvalue weighted by Crippen LogP contribution is 2.32. The first-order valence-electron chi connectivity index (χ1n) is 12.2. The maximum absolute atomic E-state index is 12.6. The number of hydrogen-bond donors (Lipinski definition) is 3. The summed E-state index contributed by atoms with van der Waals surface area (Å²) in [5, 5.41) is 14.7. The first-order chi connectivity index (χ1) is 18.2. The van der Waals surface area contributed by atoms with Crippen LogP contribution in [0.2, 0.25) is 0 Å². The van der Waals surface area contributed by atoms with Crippen LogP contribution in [0.25, 0.3) is 56.1 Å². The zero-order valence-electron chi connectivity index (χ0n) is 19.7. The molecule has 0 unspecified atom stereocenters. The number of fused-ring (bicyclic) bond motifs is 2. The number of aromatic nitrogens is 7. The standard InChI is InChI=1S/C27H22N8OS/c36-27(15-3-1-2-4-15)30-18-11-17(12-28-13-18)19-5-6-21-24(31-19)25(35-34-21)26-32-20-7-9-29-22(23(20)33-26)16-8-10-37-14-16/h5-15H,1-4H2,(H,30,36)(H,32,33)(H,34,35). The third kappa shape index (κ3) is 3.95. The molecule has 6 aromatic rings. The van der Waals surface area contributed by atoms with E-state index in [1.165, 1.54) is 0 Å². The van der Waals surface area contributed by atoms with Gasteiger partial charge in [0.1, 0.15) is 11.0 Å². The maximum atomic E-state index is 12.6. The monoisotopic (exact) mass is 506 g/mol. The van der Waals surface area contributed by atoms with Crippen molar-refractivity contribution < 1.29 is 4.79 Å². The zero-order valence-corrected chi connectivity index (χ0v) is 20.5. The van der Waals surface area contributed by atoms with E-state index in [9.17, 15) is 4.79 Å². The Morgan fingerprint density at radius 3 is 2.73 bits per heavy atom. The van der Waals surface area contributed by atoms with Crippen LogP contribution in [0.15, 0.2) is 59.7 Å². The highest BCUT2D eigenvalue weighted by molar-refractivity contribution is 7.08. The molecule has 0 atom stereocenters. The quantitative estimate of drug-likeness (QED) is 0.271. The second kappa shape index (κ2) is 8.90. The predicted octanol–water partition coefficient (Wildman–Crippen LogP) is 5.82. The van der Waals surface area contributed by atoms with Gasteiger partial charge in [0.2, 0.25) is 5.91 Å². The summed E-state index contributed by atoms with van der Waals surface area (Å²) < 4.78 is 0. The Kier molecular flexibility index (Phi) is 5.24. The number of pyridine rings is 3. The van der Waals surface area contributed by atoms with Gasteiger partial charge in [0.25, 0.3) is 0 Å². The van der Waals surface area contributed by atoms with Crippen LogP contribution in [0.4, 0.5) is 5.69 Å². The molecule has 1 saturated carbocycles. The lowest BCUT2D eigenvalue weighted by Crippen LogP contribution is -2.20. The Bertz CT molecular complexity index is 1750. The van der Waals surface area contributed by atoms with Crippen LogP contribution < -0.4 is 5.32 Å². The van der Waals surface area contributed by atoms with Gasteiger partial charge >= 0.3 is 0 Å². The second-order valence-electron chi connectivity index (χ2n) is 9.25. The number of H-pyrrole nitrogens is 2. The van der Waals surface area contributed by atoms with Crippen molar-refractivity contribution in [2.45, 2.75) is 25.7 Å². The van der Waals surface area contributed by atoms with Crippen LogP contribution in [0, 0.1) is 5.92 Å². The van der Waals surface area contributed by atoms with Crippen molar-refractivity contribution in [2.75, 3.05) is 5.32 Å². The molecule has 0 spiro atoms. The van der Waals surface area contributed by atoms with Gasteiger partial charge in [0.15, 0.2) is 11.5 Å². The average molecular weight is 507 g/mol. The molecular weight excluding hydrogens is 484 g/mol. The van der Waals surface area contributed by atoms with Gasteiger partial charge in [0, 0.05) is 34.8 Å². The van der Waals surface area contributed by atoms with Crippen LogP contribution in [0.1, 0.15) is 25.7 Å². The molecular formula is C27H22N8OS. The molecule has 0 saturated heterocycles. The average Bonchev–Trinajstić information content (AvgIpc) is 3.74. The number of nitrogens with zero attached hydrogens (tertiary/aromatic N) is 5. The molecule has 1 aliphatic carbocycles. The number of hydrogen-bond acceptors (Lipinski definition) is 7. The molecule has 3 N–H and O–H groups in total. The SMILES string of the molecule is O=C(Nc1cncc(-c2ccc3[nH]nc(-c4nc5c(-c6ccsc6)nccc5[nH]4)c3n2)c1)C1CCCC1. The van der Waals surface area contributed by atoms with Crippen molar-refractivity contribution in [1.82, 2.24) is 35.1 Å². The Labute approximate surface area is 215 Å². The Morgan fingerprint density at radius 1 is 0.973 bits per heavy atom. The third-order valence-electron chi connectivity index (χ3n) is 6.86. The van der Waals surface area contributed by atoms with Crippen LogP contribution >= 0.6 is 11.3 Å². The van der Waals surface area contributed by atoms with Crippen molar-refractivity contribution in [3.05, 3.63) is 59.7 Å². The number of carbonyl (C=O) groups is 1. The van der Waals surface area contributed by atoms with Crippen LogP contribution in [-0.4, -0.2) is 41.0 Å². The van der Waals surface area contributed by atoms with E-state index in [-0.39, 0.29) is 11.8 Å². The van der Waals surface area contributed by atoms with Gasteiger partial charge in [-0.15, -0.1) is 0 Å². The lowest BCUT2D eigenvalue weighted by Gasteiger charge is -2.11. The Morgan fingerprint density at radius 2 is 1.86 bits per heavy atom. The molecule has 182 valence electrons. The van der Waals surface area contributed by atoms with E-state index in [1.807, 2.05) is 35.7 Å². The van der Waals surface area contributed by atoms with Crippen molar-refractivity contribution in [3.63, 3.8) is 0 Å². The number of amides is 1. The fourth-order valence-corrected chi connectivity index (χ4v) is 5.60. The number of aromatic amines is 2. The Hall–Kier alpha value is -4.44. The van der Waals surface area contributed by atoms with Gasteiger partial charge in [-0.05, 0) is 48.6 Å². The smallest absolute Gasteiger partial charge is 0.227 e. The maximum Gasteiger partial charge on any atom is 0.227 e. The summed E-state index contributed by atoms with van der Waals surface area (Å²) in [7, 11) is 0. The zero-order chi connectivity index (χ0) is 24.8. The first-order valence-corrected chi connectivity index (χ1v) is 13.2. The van der Waals surface area contributed by atoms with Gasteiger partial charge in [-0.1, -0.05) is 12.8 Å². The van der Waals surface area contributed by atoms with Crippen LogP contribution in [0.5, 0.6) is 0 Å². The van der Waals surface area contributed by atoms with E-state index < -0.39 is 0 Å². The molecule has 0 radical (unpaired) electrons. The molecule has 7 rings (SSSR count). The van der Waals surface area contributed by atoms with E-state index in [4.69, 9.17) is 9.97 Å². The minimum Gasteiger partial charge on any atom is -0.336 e. The summed E-state index contributed by atoms with van der Waals surface area (Å²) in [4.78, 5) is 34.6. The first kappa shape index (κ1) is 21.8. The molecule has 0 bridgehead atoms. The highest BCUT2D eigenvalue weighted by Gasteiger charge is 2.23. The molecule has 9 nitrogen and oxygen atoms in total. The lowest BCUT2D eigenvalue weighted by molar-refractivity contribution is -0.119. The molecule has 10 heteroatoms. The van der Waals surface area contributed by atoms with Gasteiger partial charge in [-0.2, -0.15) is 16.4 Å². The fraction of sp³-hybridized carbons (Fsp3) is 0.185. The topological polar surface area (TPSA) is 125 Å². The van der Waals surface area contributed by atoms with E-state index in [1.54, 1.807) is 29.9 Å². The summed E-state index contributed by atoms with van der Waals surface area (Å²) in [6.07, 6.45) is 9.33. The minimum atomic E-state index is 0.0678. The van der Waals surface area contributed by atoms with Gasteiger partial charge in [-0.25, -0.2) is 9.97 Å². The molecule has 0 aromatic carbocycles. The third-order valence-corrected chi connectivity index (χ3v) is 7.54. The molecule has 1 fully saturated rings. The molecule has 1 amide bonds. The van der Waals surface area contributed by atoms with E-state index >= 15 is 0 Å². The number of carbonyl (C=O) groups excluding carboxylic acids is 1. The molecule has 0 aliphatic heterocycles. The van der Waals surface area contributed by atoms with Crippen LogP contribution in [0.3, 0.4) is 0 Å². The van der Waals surface area contributed by atoms with Crippen molar-refractivity contribution in [2.24, 2.45) is 5.92 Å². The number of thiophene rings is 1.